The Hall–Kier alpha value is -0.160. The summed E-state index contributed by atoms with van der Waals surface area (Å²) in [5.74, 6) is 0. The number of morpholine rings is 1. The molecule has 0 aromatic rings. The molecule has 1 heterocycles. The summed E-state index contributed by atoms with van der Waals surface area (Å²) < 4.78 is 9.71. The van der Waals surface area contributed by atoms with Crippen molar-refractivity contribution in [1.29, 1.82) is 0 Å². The van der Waals surface area contributed by atoms with E-state index in [9.17, 15) is 0 Å². The van der Waals surface area contributed by atoms with Gasteiger partial charge in [0.1, 0.15) is 0 Å². The van der Waals surface area contributed by atoms with Gasteiger partial charge < -0.3 is 20.5 Å². The minimum absolute atomic E-state index is 0.730. The van der Waals surface area contributed by atoms with Gasteiger partial charge in [0.05, 0.1) is 13.2 Å². The molecule has 0 radical (unpaired) electrons. The molecule has 0 unspecified atom stereocenters. The third kappa shape index (κ3) is 9.84. The van der Waals surface area contributed by atoms with Gasteiger partial charge in [0, 0.05) is 26.8 Å². The fourth-order valence-corrected chi connectivity index (χ4v) is 0.743. The Morgan fingerprint density at radius 2 is 2.08 bits per heavy atom. The van der Waals surface area contributed by atoms with E-state index in [1.54, 1.807) is 7.11 Å². The molecule has 1 saturated heterocycles. The van der Waals surface area contributed by atoms with Crippen molar-refractivity contribution >= 4 is 0 Å². The number of methoxy groups -OCH3 is 1. The van der Waals surface area contributed by atoms with Gasteiger partial charge in [-0.05, 0) is 13.0 Å². The topological polar surface area (TPSA) is 56.5 Å². The number of nitrogens with one attached hydrogen (secondary N) is 1. The zero-order chi connectivity index (χ0) is 9.07. The van der Waals surface area contributed by atoms with Crippen molar-refractivity contribution in [3.63, 3.8) is 0 Å². The van der Waals surface area contributed by atoms with Crippen LogP contribution in [0.1, 0.15) is 6.42 Å². The van der Waals surface area contributed by atoms with E-state index in [4.69, 9.17) is 15.2 Å². The third-order valence-electron chi connectivity index (χ3n) is 1.40. The highest BCUT2D eigenvalue weighted by molar-refractivity contribution is 4.49. The van der Waals surface area contributed by atoms with Gasteiger partial charge in [-0.2, -0.15) is 0 Å². The first-order valence-electron chi connectivity index (χ1n) is 4.39. The number of hydrogen-bond donors (Lipinski definition) is 2. The average molecular weight is 176 g/mol. The smallest absolute Gasteiger partial charge is 0.0591 e. The Bertz CT molecular complexity index is 61.9. The lowest BCUT2D eigenvalue weighted by molar-refractivity contribution is 0.109. The molecule has 0 atom stereocenters. The maximum Gasteiger partial charge on any atom is 0.0591 e. The van der Waals surface area contributed by atoms with Gasteiger partial charge in [-0.3, -0.25) is 0 Å². The molecule has 0 aromatic heterocycles. The second kappa shape index (κ2) is 10.8. The maximum absolute atomic E-state index is 5.13. The summed E-state index contributed by atoms with van der Waals surface area (Å²) in [6.07, 6.45) is 0.969. The van der Waals surface area contributed by atoms with E-state index in [-0.39, 0.29) is 0 Å². The van der Waals surface area contributed by atoms with Crippen molar-refractivity contribution in [3.05, 3.63) is 0 Å². The van der Waals surface area contributed by atoms with E-state index in [0.717, 1.165) is 45.9 Å². The molecule has 0 amide bonds. The fourth-order valence-electron chi connectivity index (χ4n) is 0.743. The summed E-state index contributed by atoms with van der Waals surface area (Å²) in [5, 5.41) is 3.16. The van der Waals surface area contributed by atoms with E-state index in [1.807, 2.05) is 0 Å². The highest BCUT2D eigenvalue weighted by atomic mass is 16.5. The Kier molecular flexibility index (Phi) is 10.7. The van der Waals surface area contributed by atoms with Crippen LogP contribution in [0.25, 0.3) is 0 Å². The van der Waals surface area contributed by atoms with Gasteiger partial charge in [0.25, 0.3) is 0 Å². The molecule has 1 fully saturated rings. The van der Waals surface area contributed by atoms with Crippen molar-refractivity contribution in [2.45, 2.75) is 6.42 Å². The van der Waals surface area contributed by atoms with Crippen molar-refractivity contribution in [2.75, 3.05) is 46.6 Å². The number of hydrogen-bond acceptors (Lipinski definition) is 4. The molecule has 0 bridgehead atoms. The summed E-state index contributed by atoms with van der Waals surface area (Å²) in [4.78, 5) is 0. The standard InChI is InChI=1S/C4H9NO.C4H11NO/c1-3-6-4-2-5-1;1-6-4-2-3-5/h5H,1-4H2;2-5H2,1H3. The molecule has 0 spiro atoms. The molecular formula is C8H20N2O2. The van der Waals surface area contributed by atoms with Gasteiger partial charge in [-0.15, -0.1) is 0 Å². The Labute approximate surface area is 74.4 Å². The van der Waals surface area contributed by atoms with Crippen LogP contribution in [-0.4, -0.2) is 46.6 Å². The molecule has 12 heavy (non-hydrogen) atoms. The third-order valence-corrected chi connectivity index (χ3v) is 1.40. The SMILES string of the molecule is C1COCCN1.COCCCN. The van der Waals surface area contributed by atoms with Crippen LogP contribution in [0.2, 0.25) is 0 Å². The van der Waals surface area contributed by atoms with E-state index >= 15 is 0 Å². The summed E-state index contributed by atoms with van der Waals surface area (Å²) >= 11 is 0. The second-order valence-electron chi connectivity index (χ2n) is 2.50. The molecule has 0 saturated carbocycles. The van der Waals surface area contributed by atoms with Crippen LogP contribution in [0.15, 0.2) is 0 Å². The molecule has 74 valence electrons. The van der Waals surface area contributed by atoms with Crippen LogP contribution < -0.4 is 11.1 Å². The van der Waals surface area contributed by atoms with Gasteiger partial charge in [-0.25, -0.2) is 0 Å². The minimum Gasteiger partial charge on any atom is -0.385 e. The second-order valence-corrected chi connectivity index (χ2v) is 2.50. The molecule has 1 aliphatic heterocycles. The molecule has 1 rings (SSSR count). The largest absolute Gasteiger partial charge is 0.385 e. The van der Waals surface area contributed by atoms with Gasteiger partial charge in [0.2, 0.25) is 0 Å². The van der Waals surface area contributed by atoms with Crippen LogP contribution in [0, 0.1) is 0 Å². The van der Waals surface area contributed by atoms with Crippen LogP contribution in [0.3, 0.4) is 0 Å². The Balaban J connectivity index is 0.000000202. The van der Waals surface area contributed by atoms with E-state index < -0.39 is 0 Å². The first kappa shape index (κ1) is 11.8. The van der Waals surface area contributed by atoms with Gasteiger partial charge >= 0.3 is 0 Å². The number of ether oxygens (including phenoxy) is 2. The summed E-state index contributed by atoms with van der Waals surface area (Å²) in [6, 6.07) is 0. The lowest BCUT2D eigenvalue weighted by atomic mass is 10.5. The van der Waals surface area contributed by atoms with Crippen LogP contribution in [-0.2, 0) is 9.47 Å². The Morgan fingerprint density at radius 1 is 1.42 bits per heavy atom. The Morgan fingerprint density at radius 3 is 2.25 bits per heavy atom. The fraction of sp³-hybridized carbons (Fsp3) is 1.00. The lowest BCUT2D eigenvalue weighted by Crippen LogP contribution is -2.30. The zero-order valence-electron chi connectivity index (χ0n) is 7.84. The monoisotopic (exact) mass is 176 g/mol. The van der Waals surface area contributed by atoms with Crippen molar-refractivity contribution in [3.8, 4) is 0 Å². The summed E-state index contributed by atoms with van der Waals surface area (Å²) in [5.41, 5.74) is 5.13. The lowest BCUT2D eigenvalue weighted by Gasteiger charge is -2.10. The molecular weight excluding hydrogens is 156 g/mol. The predicted molar refractivity (Wildman–Crippen MR) is 49.2 cm³/mol. The molecule has 4 heteroatoms. The number of nitrogens with two attached hydrogens (primary N) is 1. The molecule has 3 N–H and O–H groups in total. The van der Waals surface area contributed by atoms with Crippen molar-refractivity contribution in [2.24, 2.45) is 5.73 Å². The highest BCUT2D eigenvalue weighted by Crippen LogP contribution is 1.76. The van der Waals surface area contributed by atoms with Crippen LogP contribution >= 0.6 is 0 Å². The average Bonchev–Trinajstić information content (AvgIpc) is 2.18. The van der Waals surface area contributed by atoms with E-state index in [2.05, 4.69) is 5.32 Å². The van der Waals surface area contributed by atoms with E-state index in [0.29, 0.717) is 0 Å². The maximum atomic E-state index is 5.13. The minimum atomic E-state index is 0.730. The first-order chi connectivity index (χ1) is 5.91. The normalized spacial score (nSPS) is 16.5. The van der Waals surface area contributed by atoms with Gasteiger partial charge in [0.15, 0.2) is 0 Å². The van der Waals surface area contributed by atoms with Crippen LogP contribution in [0.5, 0.6) is 0 Å². The summed E-state index contributed by atoms with van der Waals surface area (Å²) in [6.45, 7) is 5.35. The van der Waals surface area contributed by atoms with Crippen molar-refractivity contribution in [1.82, 2.24) is 5.32 Å². The van der Waals surface area contributed by atoms with E-state index in [1.165, 1.54) is 0 Å². The first-order valence-corrected chi connectivity index (χ1v) is 4.39. The molecule has 0 aliphatic carbocycles. The number of rotatable bonds is 3. The van der Waals surface area contributed by atoms with Gasteiger partial charge in [-0.1, -0.05) is 0 Å². The molecule has 4 nitrogen and oxygen atoms in total. The summed E-state index contributed by atoms with van der Waals surface area (Å²) in [7, 11) is 1.68. The predicted octanol–water partition coefficient (Wildman–Crippen LogP) is -0.412. The zero-order valence-corrected chi connectivity index (χ0v) is 7.84. The highest BCUT2D eigenvalue weighted by Gasteiger charge is 1.92. The quantitative estimate of drug-likeness (QED) is 0.574. The van der Waals surface area contributed by atoms with Crippen LogP contribution in [0.4, 0.5) is 0 Å². The molecule has 0 aromatic carbocycles. The molecule has 1 aliphatic rings. The van der Waals surface area contributed by atoms with Crippen molar-refractivity contribution < 1.29 is 9.47 Å².